The van der Waals surface area contributed by atoms with Crippen LogP contribution in [0.2, 0.25) is 0 Å². The van der Waals surface area contributed by atoms with Crippen LogP contribution in [0.1, 0.15) is 10.5 Å². The van der Waals surface area contributed by atoms with E-state index in [-0.39, 0.29) is 22.7 Å². The summed E-state index contributed by atoms with van der Waals surface area (Å²) in [5, 5.41) is 3.26. The summed E-state index contributed by atoms with van der Waals surface area (Å²) in [6.45, 7) is 0. The molecule has 3 aromatic heterocycles. The molecule has 0 aliphatic heterocycles. The van der Waals surface area contributed by atoms with E-state index in [1.807, 2.05) is 0 Å². The lowest BCUT2D eigenvalue weighted by Gasteiger charge is -2.10. The third-order valence-corrected chi connectivity index (χ3v) is 5.07. The molecule has 6 nitrogen and oxygen atoms in total. The Morgan fingerprint density at radius 1 is 0.882 bits per heavy atom. The Labute approximate surface area is 191 Å². The summed E-state index contributed by atoms with van der Waals surface area (Å²) in [5.74, 6) is -2.26. The third-order valence-electron chi connectivity index (χ3n) is 5.07. The number of pyridine rings is 2. The fourth-order valence-electron chi connectivity index (χ4n) is 3.41. The number of benzene rings is 2. The molecule has 0 radical (unpaired) electrons. The number of carbonyl (C=O) groups is 1. The number of hydrogen-bond acceptors (Lipinski definition) is 4. The molecule has 34 heavy (non-hydrogen) atoms. The highest BCUT2D eigenvalue weighted by molar-refractivity contribution is 6.03. The van der Waals surface area contributed by atoms with E-state index in [1.165, 1.54) is 36.5 Å². The Morgan fingerprint density at radius 2 is 1.76 bits per heavy atom. The minimum atomic E-state index is -0.735. The molecule has 2 aromatic carbocycles. The molecule has 0 bridgehead atoms. The molecule has 0 atom stereocenters. The molecule has 0 fully saturated rings. The first-order chi connectivity index (χ1) is 16.5. The Hall–Kier alpha value is -4.66. The SMILES string of the molecule is O=C(Nc1ccc(Oc2ccnc3[nH]ccc23)c(F)c1)c1ccc(-c2ccc(F)cc2F)cn1. The fraction of sp³-hybridized carbons (Fsp3) is 0. The first-order valence-corrected chi connectivity index (χ1v) is 10.1. The molecular weight excluding hydrogens is 445 g/mol. The second kappa shape index (κ2) is 8.70. The Balaban J connectivity index is 1.30. The van der Waals surface area contributed by atoms with E-state index in [4.69, 9.17) is 4.74 Å². The van der Waals surface area contributed by atoms with Crippen LogP contribution in [-0.4, -0.2) is 20.9 Å². The van der Waals surface area contributed by atoms with Crippen LogP contribution in [0.15, 0.2) is 79.3 Å². The maximum atomic E-state index is 14.6. The number of nitrogens with one attached hydrogen (secondary N) is 2. The first-order valence-electron chi connectivity index (χ1n) is 10.1. The van der Waals surface area contributed by atoms with E-state index in [1.54, 1.807) is 24.5 Å². The number of halogens is 3. The van der Waals surface area contributed by atoms with Crippen molar-refractivity contribution < 1.29 is 22.7 Å². The van der Waals surface area contributed by atoms with E-state index in [2.05, 4.69) is 20.3 Å². The molecule has 0 saturated carbocycles. The molecule has 0 saturated heterocycles. The lowest BCUT2D eigenvalue weighted by atomic mass is 10.1. The van der Waals surface area contributed by atoms with Crippen molar-refractivity contribution in [2.24, 2.45) is 0 Å². The van der Waals surface area contributed by atoms with Gasteiger partial charge >= 0.3 is 0 Å². The van der Waals surface area contributed by atoms with E-state index in [9.17, 15) is 18.0 Å². The summed E-state index contributed by atoms with van der Waals surface area (Å²) in [7, 11) is 0. The Morgan fingerprint density at radius 3 is 2.53 bits per heavy atom. The van der Waals surface area contributed by atoms with Crippen LogP contribution < -0.4 is 10.1 Å². The topological polar surface area (TPSA) is 79.9 Å². The van der Waals surface area contributed by atoms with E-state index in [0.29, 0.717) is 22.3 Å². The second-order valence-corrected chi connectivity index (χ2v) is 7.31. The normalized spacial score (nSPS) is 10.9. The minimum Gasteiger partial charge on any atom is -0.453 e. The van der Waals surface area contributed by atoms with Crippen LogP contribution in [0.5, 0.6) is 11.5 Å². The number of anilines is 1. The second-order valence-electron chi connectivity index (χ2n) is 7.31. The van der Waals surface area contributed by atoms with Crippen LogP contribution >= 0.6 is 0 Å². The van der Waals surface area contributed by atoms with Gasteiger partial charge in [-0.2, -0.15) is 0 Å². The number of aromatic amines is 1. The summed E-state index contributed by atoms with van der Waals surface area (Å²) >= 11 is 0. The Kier molecular flexibility index (Phi) is 5.43. The predicted molar refractivity (Wildman–Crippen MR) is 120 cm³/mol. The molecular formula is C25H15F3N4O2. The van der Waals surface area contributed by atoms with Gasteiger partial charge in [0.05, 0.1) is 5.39 Å². The standard InChI is InChI=1S/C25H15F3N4O2/c26-15-2-4-17(19(27)11-15)14-1-5-21(31-13-14)25(33)32-16-3-6-23(20(28)12-16)34-22-8-10-30-24-18(22)7-9-29-24/h1-13H,(H,29,30)(H,32,33). The number of fused-ring (bicyclic) bond motifs is 1. The van der Waals surface area contributed by atoms with Gasteiger partial charge in [0.1, 0.15) is 28.7 Å². The largest absolute Gasteiger partial charge is 0.453 e. The van der Waals surface area contributed by atoms with Gasteiger partial charge in [0.2, 0.25) is 0 Å². The highest BCUT2D eigenvalue weighted by atomic mass is 19.1. The average molecular weight is 460 g/mol. The molecule has 168 valence electrons. The molecule has 1 amide bonds. The lowest BCUT2D eigenvalue weighted by Crippen LogP contribution is -2.13. The molecule has 0 spiro atoms. The number of amides is 1. The first kappa shape index (κ1) is 21.2. The Bertz CT molecular complexity index is 1520. The van der Waals surface area contributed by atoms with E-state index in [0.717, 1.165) is 18.2 Å². The van der Waals surface area contributed by atoms with Gasteiger partial charge in [-0.3, -0.25) is 9.78 Å². The molecule has 0 unspecified atom stereocenters. The highest BCUT2D eigenvalue weighted by Crippen LogP contribution is 2.31. The van der Waals surface area contributed by atoms with Crippen LogP contribution in [0.3, 0.4) is 0 Å². The van der Waals surface area contributed by atoms with E-state index < -0.39 is 23.4 Å². The summed E-state index contributed by atoms with van der Waals surface area (Å²) in [4.78, 5) is 23.7. The van der Waals surface area contributed by atoms with Crippen molar-refractivity contribution in [3.8, 4) is 22.6 Å². The number of nitrogens with zero attached hydrogens (tertiary/aromatic N) is 2. The van der Waals surface area contributed by atoms with Crippen LogP contribution in [0.25, 0.3) is 22.2 Å². The third kappa shape index (κ3) is 4.18. The van der Waals surface area contributed by atoms with Crippen molar-refractivity contribution in [3.63, 3.8) is 0 Å². The molecule has 5 aromatic rings. The van der Waals surface area contributed by atoms with Gasteiger partial charge in [-0.05, 0) is 42.5 Å². The zero-order valence-electron chi connectivity index (χ0n) is 17.4. The van der Waals surface area contributed by atoms with Crippen molar-refractivity contribution in [1.82, 2.24) is 15.0 Å². The highest BCUT2D eigenvalue weighted by Gasteiger charge is 2.14. The van der Waals surface area contributed by atoms with E-state index >= 15 is 0 Å². The van der Waals surface area contributed by atoms with Crippen LogP contribution in [-0.2, 0) is 0 Å². The summed E-state index contributed by atoms with van der Waals surface area (Å²) in [6.07, 6.45) is 4.55. The van der Waals surface area contributed by atoms with Gasteiger partial charge in [0, 0.05) is 47.5 Å². The van der Waals surface area contributed by atoms with Gasteiger partial charge < -0.3 is 15.0 Å². The maximum absolute atomic E-state index is 14.6. The monoisotopic (exact) mass is 460 g/mol. The van der Waals surface area contributed by atoms with Crippen molar-refractivity contribution in [1.29, 1.82) is 0 Å². The van der Waals surface area contributed by atoms with Gasteiger partial charge in [0.25, 0.3) is 5.91 Å². The number of H-pyrrole nitrogens is 1. The van der Waals surface area contributed by atoms with Crippen molar-refractivity contribution >= 4 is 22.6 Å². The number of aromatic nitrogens is 3. The predicted octanol–water partition coefficient (Wildman–Crippen LogP) is 6.09. The minimum absolute atomic E-state index is 0.0181. The molecule has 3 heterocycles. The quantitative estimate of drug-likeness (QED) is 0.333. The van der Waals surface area contributed by atoms with Crippen molar-refractivity contribution in [2.45, 2.75) is 0 Å². The van der Waals surface area contributed by atoms with Crippen molar-refractivity contribution in [2.75, 3.05) is 5.32 Å². The summed E-state index contributed by atoms with van der Waals surface area (Å²) in [5.41, 5.74) is 1.40. The molecule has 0 aliphatic rings. The molecule has 5 rings (SSSR count). The number of ether oxygens (including phenoxy) is 1. The van der Waals surface area contributed by atoms with Gasteiger partial charge in [-0.15, -0.1) is 0 Å². The van der Waals surface area contributed by atoms with Crippen LogP contribution in [0, 0.1) is 17.5 Å². The molecule has 9 heteroatoms. The summed E-state index contributed by atoms with van der Waals surface area (Å²) < 4.78 is 47.4. The molecule has 0 aliphatic carbocycles. The number of carbonyl (C=O) groups excluding carboxylic acids is 1. The molecule has 2 N–H and O–H groups in total. The van der Waals surface area contributed by atoms with Gasteiger partial charge in [0.15, 0.2) is 11.6 Å². The van der Waals surface area contributed by atoms with Crippen LogP contribution in [0.4, 0.5) is 18.9 Å². The smallest absolute Gasteiger partial charge is 0.274 e. The number of rotatable bonds is 5. The average Bonchev–Trinajstić information content (AvgIpc) is 3.31. The lowest BCUT2D eigenvalue weighted by molar-refractivity contribution is 0.102. The zero-order valence-corrected chi connectivity index (χ0v) is 17.4. The fourth-order valence-corrected chi connectivity index (χ4v) is 3.41. The maximum Gasteiger partial charge on any atom is 0.274 e. The van der Waals surface area contributed by atoms with Gasteiger partial charge in [-0.1, -0.05) is 6.07 Å². The van der Waals surface area contributed by atoms with Crippen molar-refractivity contribution in [3.05, 3.63) is 102 Å². The number of hydrogen-bond donors (Lipinski definition) is 2. The zero-order chi connectivity index (χ0) is 23.7. The van der Waals surface area contributed by atoms with Gasteiger partial charge in [-0.25, -0.2) is 18.2 Å². The summed E-state index contributed by atoms with van der Waals surface area (Å²) in [6, 6.07) is 13.5.